The Morgan fingerprint density at radius 3 is 2.67 bits per heavy atom. The minimum Gasteiger partial charge on any atom is -0.485 e. The van der Waals surface area contributed by atoms with Crippen molar-refractivity contribution < 1.29 is 13.9 Å². The number of aromatic nitrogens is 2. The number of aryl methyl sites for hydroxylation is 2. The topological polar surface area (TPSA) is 74.3 Å². The molecule has 0 fully saturated rings. The molecular weight excluding hydrogens is 380 g/mol. The van der Waals surface area contributed by atoms with Gasteiger partial charge >= 0.3 is 0 Å². The number of para-hydroxylation sites is 1. The summed E-state index contributed by atoms with van der Waals surface area (Å²) in [4.78, 5) is 24.6. The molecule has 0 aliphatic carbocycles. The van der Waals surface area contributed by atoms with Crippen LogP contribution in [0.2, 0.25) is 0 Å². The highest BCUT2D eigenvalue weighted by molar-refractivity contribution is 5.85. The van der Waals surface area contributed by atoms with E-state index >= 15 is 0 Å². The molecule has 30 heavy (non-hydrogen) atoms. The lowest BCUT2D eigenvalue weighted by atomic mass is 10.0. The highest BCUT2D eigenvalue weighted by Gasteiger charge is 2.18. The van der Waals surface area contributed by atoms with Gasteiger partial charge < -0.3 is 9.15 Å². The number of benzene rings is 2. The van der Waals surface area contributed by atoms with E-state index in [9.17, 15) is 9.59 Å². The van der Waals surface area contributed by atoms with Gasteiger partial charge in [0.05, 0.1) is 22.8 Å². The maximum atomic E-state index is 13.3. The largest absolute Gasteiger partial charge is 0.485 e. The van der Waals surface area contributed by atoms with Gasteiger partial charge in [-0.25, -0.2) is 4.68 Å². The van der Waals surface area contributed by atoms with E-state index in [1.165, 1.54) is 6.92 Å². The Bertz CT molecular complexity index is 1290. The molecule has 0 aliphatic rings. The Hall–Kier alpha value is -3.67. The second kappa shape index (κ2) is 7.99. The monoisotopic (exact) mass is 402 g/mol. The number of carbonyl (C=O) groups excluding carboxylic acids is 1. The van der Waals surface area contributed by atoms with E-state index in [4.69, 9.17) is 9.15 Å². The van der Waals surface area contributed by atoms with Crippen molar-refractivity contribution >= 4 is 16.8 Å². The quantitative estimate of drug-likeness (QED) is 0.475. The lowest BCUT2D eigenvalue weighted by Gasteiger charge is -2.12. The lowest BCUT2D eigenvalue weighted by Crippen LogP contribution is -2.10. The summed E-state index contributed by atoms with van der Waals surface area (Å²) in [7, 11) is 0. The van der Waals surface area contributed by atoms with Crippen LogP contribution in [0.15, 0.2) is 64.1 Å². The maximum Gasteiger partial charge on any atom is 0.200 e. The zero-order valence-electron chi connectivity index (χ0n) is 17.1. The van der Waals surface area contributed by atoms with Gasteiger partial charge in [0.15, 0.2) is 5.78 Å². The number of fused-ring (bicyclic) bond motifs is 1. The van der Waals surface area contributed by atoms with Crippen molar-refractivity contribution in [3.63, 3.8) is 0 Å². The zero-order chi connectivity index (χ0) is 21.3. The van der Waals surface area contributed by atoms with Crippen molar-refractivity contribution in [2.75, 3.05) is 6.61 Å². The minimum absolute atomic E-state index is 0.0154. The summed E-state index contributed by atoms with van der Waals surface area (Å²) in [5.41, 5.74) is 3.27. The van der Waals surface area contributed by atoms with E-state index in [-0.39, 0.29) is 17.8 Å². The molecule has 0 N–H and O–H groups in total. The van der Waals surface area contributed by atoms with E-state index in [2.05, 4.69) is 5.10 Å². The van der Waals surface area contributed by atoms with Crippen molar-refractivity contribution in [2.24, 2.45) is 0 Å². The van der Waals surface area contributed by atoms with Crippen LogP contribution in [0.25, 0.3) is 27.8 Å². The number of nitrogens with zero attached hydrogens (tertiary/aromatic N) is 2. The third-order valence-electron chi connectivity index (χ3n) is 4.95. The molecule has 0 spiro atoms. The van der Waals surface area contributed by atoms with Gasteiger partial charge in [-0.1, -0.05) is 25.1 Å². The molecule has 0 saturated heterocycles. The van der Waals surface area contributed by atoms with E-state index < -0.39 is 0 Å². The van der Waals surface area contributed by atoms with Crippen molar-refractivity contribution in [3.8, 4) is 22.6 Å². The van der Waals surface area contributed by atoms with Gasteiger partial charge in [-0.05, 0) is 44.0 Å². The summed E-state index contributed by atoms with van der Waals surface area (Å²) in [5, 5.41) is 4.88. The number of Topliss-reactive ketones (excluding diaryl/α,β-unsaturated/α-hetero) is 1. The van der Waals surface area contributed by atoms with Gasteiger partial charge in [0, 0.05) is 17.8 Å². The highest BCUT2D eigenvalue weighted by atomic mass is 16.5. The van der Waals surface area contributed by atoms with Crippen LogP contribution in [0.3, 0.4) is 0 Å². The second-order valence-corrected chi connectivity index (χ2v) is 7.17. The fourth-order valence-electron chi connectivity index (χ4n) is 3.48. The second-order valence-electron chi connectivity index (χ2n) is 7.17. The summed E-state index contributed by atoms with van der Waals surface area (Å²) >= 11 is 0. The van der Waals surface area contributed by atoms with Gasteiger partial charge in [-0.15, -0.1) is 0 Å². The number of ether oxygens (including phenoxy) is 1. The van der Waals surface area contributed by atoms with Gasteiger partial charge in [0.1, 0.15) is 23.7 Å². The average Bonchev–Trinajstić information content (AvgIpc) is 3.22. The SMILES string of the molecule is CCc1cc2c(=O)c(-c3cnn(-c4ccccc4)c3)c(C)oc2cc1OCC(C)=O. The molecule has 4 aromatic rings. The first-order valence-corrected chi connectivity index (χ1v) is 9.81. The molecule has 0 saturated carbocycles. The summed E-state index contributed by atoms with van der Waals surface area (Å²) in [6, 6.07) is 13.2. The Morgan fingerprint density at radius 2 is 1.97 bits per heavy atom. The van der Waals surface area contributed by atoms with Crippen molar-refractivity contribution in [2.45, 2.75) is 27.2 Å². The lowest BCUT2D eigenvalue weighted by molar-refractivity contribution is -0.118. The summed E-state index contributed by atoms with van der Waals surface area (Å²) in [5.74, 6) is 0.995. The third-order valence-corrected chi connectivity index (χ3v) is 4.95. The molecule has 6 nitrogen and oxygen atoms in total. The van der Waals surface area contributed by atoms with Crippen molar-refractivity contribution in [1.82, 2.24) is 9.78 Å². The van der Waals surface area contributed by atoms with Crippen LogP contribution in [0.4, 0.5) is 0 Å². The molecule has 0 radical (unpaired) electrons. The molecular formula is C24H22N2O4. The average molecular weight is 402 g/mol. The van der Waals surface area contributed by atoms with Crippen molar-refractivity contribution in [1.29, 1.82) is 0 Å². The van der Waals surface area contributed by atoms with Crippen molar-refractivity contribution in [3.05, 3.63) is 76.4 Å². The van der Waals surface area contributed by atoms with E-state index in [0.29, 0.717) is 40.0 Å². The molecule has 2 heterocycles. The molecule has 152 valence electrons. The van der Waals surface area contributed by atoms with Crippen LogP contribution in [-0.2, 0) is 11.2 Å². The minimum atomic E-state index is -0.117. The smallest absolute Gasteiger partial charge is 0.200 e. The number of hydrogen-bond acceptors (Lipinski definition) is 5. The molecule has 0 atom stereocenters. The number of ketones is 1. The van der Waals surface area contributed by atoms with Crippen LogP contribution in [-0.4, -0.2) is 22.2 Å². The van der Waals surface area contributed by atoms with E-state index in [1.807, 2.05) is 43.5 Å². The molecule has 6 heteroatoms. The molecule has 0 aliphatic heterocycles. The Morgan fingerprint density at radius 1 is 1.20 bits per heavy atom. The summed E-state index contributed by atoms with van der Waals surface area (Å²) in [6.45, 7) is 5.19. The van der Waals surface area contributed by atoms with E-state index in [0.717, 1.165) is 11.3 Å². The number of carbonyl (C=O) groups is 1. The summed E-state index contributed by atoms with van der Waals surface area (Å²) < 4.78 is 13.3. The molecule has 0 amide bonds. The van der Waals surface area contributed by atoms with Gasteiger partial charge in [-0.3, -0.25) is 9.59 Å². The first kappa shape index (κ1) is 19.6. The highest BCUT2D eigenvalue weighted by Crippen LogP contribution is 2.29. The predicted octanol–water partition coefficient (Wildman–Crippen LogP) is 4.48. The maximum absolute atomic E-state index is 13.3. The summed E-state index contributed by atoms with van der Waals surface area (Å²) in [6.07, 6.45) is 4.16. The molecule has 2 aromatic heterocycles. The Labute approximate surface area is 173 Å². The molecule has 0 bridgehead atoms. The van der Waals surface area contributed by atoms with Crippen LogP contribution in [0.5, 0.6) is 5.75 Å². The zero-order valence-corrected chi connectivity index (χ0v) is 17.1. The first-order chi connectivity index (χ1) is 14.5. The Kier molecular flexibility index (Phi) is 5.23. The predicted molar refractivity (Wildman–Crippen MR) is 115 cm³/mol. The van der Waals surface area contributed by atoms with Gasteiger partial charge in [0.25, 0.3) is 0 Å². The number of hydrogen-bond donors (Lipinski definition) is 0. The van der Waals surface area contributed by atoms with Gasteiger partial charge in [0.2, 0.25) is 5.43 Å². The van der Waals surface area contributed by atoms with Crippen LogP contribution >= 0.6 is 0 Å². The van der Waals surface area contributed by atoms with Crippen LogP contribution in [0.1, 0.15) is 25.2 Å². The van der Waals surface area contributed by atoms with Crippen LogP contribution in [0, 0.1) is 6.92 Å². The fourth-order valence-corrected chi connectivity index (χ4v) is 3.48. The van der Waals surface area contributed by atoms with Gasteiger partial charge in [-0.2, -0.15) is 5.10 Å². The van der Waals surface area contributed by atoms with E-state index in [1.54, 1.807) is 29.9 Å². The fraction of sp³-hybridized carbons (Fsp3) is 0.208. The first-order valence-electron chi connectivity index (χ1n) is 9.81. The standard InChI is InChI=1S/C24H22N2O4/c1-4-17-10-20-22(11-21(17)29-14-15(2)27)30-16(3)23(24(20)28)18-12-25-26(13-18)19-8-6-5-7-9-19/h5-13H,4,14H2,1-3H3. The third kappa shape index (κ3) is 3.64. The molecule has 0 unspecified atom stereocenters. The molecule has 2 aromatic carbocycles. The normalized spacial score (nSPS) is 11.0. The molecule has 4 rings (SSSR count). The number of rotatable bonds is 6. The van der Waals surface area contributed by atoms with Crippen LogP contribution < -0.4 is 10.2 Å². The Balaban J connectivity index is 1.82.